The first-order valence-electron chi connectivity index (χ1n) is 20.7. The van der Waals surface area contributed by atoms with E-state index < -0.39 is 0 Å². The van der Waals surface area contributed by atoms with Gasteiger partial charge in [-0.3, -0.25) is 6.08 Å². The number of halogens is 4. The Morgan fingerprint density at radius 2 is 1.00 bits per heavy atom. The number of benzene rings is 6. The smallest absolute Gasteiger partial charge is 1.00 e. The molecule has 7 aromatic carbocycles. The predicted octanol–water partition coefficient (Wildman–Crippen LogP) is 10.8. The van der Waals surface area contributed by atoms with Crippen LogP contribution < -0.4 is 24.8 Å². The van der Waals surface area contributed by atoms with Gasteiger partial charge < -0.3 is 24.8 Å². The van der Waals surface area contributed by atoms with Crippen molar-refractivity contribution in [3.05, 3.63) is 194 Å². The molecule has 7 aromatic rings. The molecule has 8 rings (SSSR count). The van der Waals surface area contributed by atoms with E-state index in [1.165, 1.54) is 134 Å². The maximum atomic E-state index is 5.86. The summed E-state index contributed by atoms with van der Waals surface area (Å²) in [7, 11) is 0. The molecule has 5 heteroatoms. The summed E-state index contributed by atoms with van der Waals surface area (Å²) in [5.41, 5.74) is 17.6. The van der Waals surface area contributed by atoms with Crippen LogP contribution in [0.5, 0.6) is 0 Å². The minimum absolute atomic E-state index is 0. The first-order chi connectivity index (χ1) is 28.0. The number of hydrogen-bond acceptors (Lipinski definition) is 0. The molecule has 0 aromatic heterocycles. The van der Waals surface area contributed by atoms with Crippen molar-refractivity contribution in [2.75, 3.05) is 0 Å². The molecule has 1 aliphatic rings. The van der Waals surface area contributed by atoms with E-state index in [1.807, 2.05) is 48.5 Å². The van der Waals surface area contributed by atoms with Gasteiger partial charge in [0.1, 0.15) is 0 Å². The molecule has 1 unspecified atom stereocenters. The third-order valence-corrected chi connectivity index (χ3v) is 13.1. The number of fused-ring (bicyclic) bond motifs is 3. The first kappa shape index (κ1) is 50.2. The summed E-state index contributed by atoms with van der Waals surface area (Å²) in [5, 5.41) is 6.85. The fraction of sp³-hybridized carbons (Fsp3) is 0.250. The van der Waals surface area contributed by atoms with Crippen LogP contribution in [0.1, 0.15) is 85.0 Å². The van der Waals surface area contributed by atoms with Crippen LogP contribution in [-0.2, 0) is 24.2 Å². The van der Waals surface area contributed by atoms with Crippen molar-refractivity contribution in [1.29, 1.82) is 0 Å². The van der Waals surface area contributed by atoms with Gasteiger partial charge in [-0.05, 0) is 74.9 Å². The number of allylic oxidation sites excluding steroid dienone is 4. The Hall–Kier alpha value is -3.42. The first-order valence-corrected chi connectivity index (χ1v) is 22.7. The Morgan fingerprint density at radius 3 is 1.34 bits per heavy atom. The molecule has 0 N–H and O–H groups in total. The fourth-order valence-corrected chi connectivity index (χ4v) is 9.53. The van der Waals surface area contributed by atoms with Gasteiger partial charge in [0.05, 0.1) is 0 Å². The molecule has 0 saturated heterocycles. The van der Waals surface area contributed by atoms with Gasteiger partial charge in [0, 0.05) is 0 Å². The summed E-state index contributed by atoms with van der Waals surface area (Å²) >= 11 is 13.1. The minimum Gasteiger partial charge on any atom is -1.00 e. The Morgan fingerprint density at radius 1 is 0.607 bits per heavy atom. The SMILES string of the molecule is CCCC1[C-]=CC(C(C)(C)C)=C1.Cc1cc(C)c(-c2ccc3c(c2)[cH-]c2cc(-c4c(C)cc(C)cc4C)ccc23)c(C)c1.Clc1ccc([C](=[Zr+2])c2ccc(Cl)cc2)cc1.[Cl-].[Cl-]. The third-order valence-electron chi connectivity index (χ3n) is 11.2. The topological polar surface area (TPSA) is 0 Å². The van der Waals surface area contributed by atoms with E-state index in [2.05, 4.69) is 154 Å². The van der Waals surface area contributed by atoms with Crippen LogP contribution >= 0.6 is 23.2 Å². The van der Waals surface area contributed by atoms with Crippen LogP contribution in [0.15, 0.2) is 133 Å². The van der Waals surface area contributed by atoms with Crippen molar-refractivity contribution in [3.8, 4) is 22.3 Å². The van der Waals surface area contributed by atoms with Crippen LogP contribution in [0.2, 0.25) is 10.0 Å². The molecule has 0 aliphatic heterocycles. The largest absolute Gasteiger partial charge is 1.00 e. The second-order valence-electron chi connectivity index (χ2n) is 17.3. The summed E-state index contributed by atoms with van der Waals surface area (Å²) in [6, 6.07) is 41.2. The van der Waals surface area contributed by atoms with E-state index in [0.717, 1.165) is 10.0 Å². The summed E-state index contributed by atoms with van der Waals surface area (Å²) in [6.07, 6.45) is 10.4. The summed E-state index contributed by atoms with van der Waals surface area (Å²) in [6.45, 7) is 22.2. The number of aryl methyl sites for hydroxylation is 6. The van der Waals surface area contributed by atoms with Crippen LogP contribution in [0.3, 0.4) is 0 Å². The van der Waals surface area contributed by atoms with Crippen molar-refractivity contribution < 1.29 is 49.0 Å². The Balaban J connectivity index is 0.000000229. The van der Waals surface area contributed by atoms with E-state index in [9.17, 15) is 0 Å². The molecule has 0 heterocycles. The predicted molar refractivity (Wildman–Crippen MR) is 256 cm³/mol. The van der Waals surface area contributed by atoms with Gasteiger partial charge in [0.15, 0.2) is 0 Å². The standard InChI is InChI=1S/C31H29.C13H8Cl2.C12H19.2ClH.Zr/c1-18-11-20(3)30(21(4)12-18)24-7-9-28-26(15-24)17-27-16-25(8-10-29(27)28)31-22(5)13-19(2)14-23(31)6;14-12-5-1-10(2-6-12)9-11-3-7-13(15)8-4-11;1-5-6-10-7-8-11(9-10)12(2,3)4;;;/h7-17H,1-6H3;1-8H;8-10H,5-6H2,1-4H3;2*1H;/q-1;;-1;;;+2/p-2. The molecule has 0 saturated carbocycles. The summed E-state index contributed by atoms with van der Waals surface area (Å²) in [5.74, 6) is 0.587. The fourth-order valence-electron chi connectivity index (χ4n) is 8.46. The number of hydrogen-bond donors (Lipinski definition) is 0. The summed E-state index contributed by atoms with van der Waals surface area (Å²) < 4.78 is 1.31. The van der Waals surface area contributed by atoms with Crippen LogP contribution in [0, 0.1) is 59.0 Å². The van der Waals surface area contributed by atoms with Gasteiger partial charge in [-0.2, -0.15) is 11.6 Å². The van der Waals surface area contributed by atoms with Gasteiger partial charge >= 0.3 is 120 Å². The van der Waals surface area contributed by atoms with Crippen LogP contribution in [0.25, 0.3) is 43.8 Å². The van der Waals surface area contributed by atoms with Crippen molar-refractivity contribution in [2.24, 2.45) is 11.3 Å². The van der Waals surface area contributed by atoms with E-state index in [0.29, 0.717) is 11.3 Å². The zero-order valence-electron chi connectivity index (χ0n) is 37.1. The van der Waals surface area contributed by atoms with E-state index >= 15 is 0 Å². The monoisotopic (exact) mass is 958 g/mol. The minimum atomic E-state index is 0. The molecule has 61 heavy (non-hydrogen) atoms. The summed E-state index contributed by atoms with van der Waals surface area (Å²) in [4.78, 5) is 0. The molecule has 314 valence electrons. The molecule has 0 bridgehead atoms. The van der Waals surface area contributed by atoms with E-state index in [-0.39, 0.29) is 24.8 Å². The zero-order valence-corrected chi connectivity index (χ0v) is 42.6. The maximum Gasteiger partial charge on any atom is -1.00 e. The second kappa shape index (κ2) is 21.8. The molecule has 0 fully saturated rings. The normalized spacial score (nSPS) is 13.1. The molecule has 0 spiro atoms. The maximum absolute atomic E-state index is 5.86. The van der Waals surface area contributed by atoms with Gasteiger partial charge in [-0.25, -0.2) is 6.08 Å². The van der Waals surface area contributed by atoms with Gasteiger partial charge in [-0.1, -0.05) is 123 Å². The average Bonchev–Trinajstić information content (AvgIpc) is 3.80. The van der Waals surface area contributed by atoms with Gasteiger partial charge in [0.2, 0.25) is 0 Å². The Kier molecular flexibility index (Phi) is 17.9. The van der Waals surface area contributed by atoms with Gasteiger partial charge in [-0.15, -0.1) is 39.7 Å². The average molecular weight is 962 g/mol. The van der Waals surface area contributed by atoms with Crippen molar-refractivity contribution >= 4 is 48.0 Å². The third kappa shape index (κ3) is 12.4. The quantitative estimate of drug-likeness (QED) is 0.146. The molecule has 0 radical (unpaired) electrons. The van der Waals surface area contributed by atoms with Crippen LogP contribution in [0.4, 0.5) is 0 Å². The molecule has 0 amide bonds. The molecule has 1 atom stereocenters. The van der Waals surface area contributed by atoms with Crippen molar-refractivity contribution in [3.63, 3.8) is 0 Å². The Labute approximate surface area is 403 Å². The zero-order chi connectivity index (χ0) is 42.6. The van der Waals surface area contributed by atoms with Gasteiger partial charge in [0.25, 0.3) is 0 Å². The number of rotatable bonds is 6. The van der Waals surface area contributed by atoms with Crippen molar-refractivity contribution in [1.82, 2.24) is 0 Å². The van der Waals surface area contributed by atoms with E-state index in [1.54, 1.807) is 0 Å². The molecule has 0 nitrogen and oxygen atoms in total. The molecular weight excluding hydrogens is 906 g/mol. The van der Waals surface area contributed by atoms with Crippen LogP contribution in [-0.4, -0.2) is 3.21 Å². The molecule has 1 aliphatic carbocycles. The Bertz CT molecular complexity index is 2480. The van der Waals surface area contributed by atoms with E-state index in [4.69, 9.17) is 23.2 Å². The molecular formula is C56H56Cl4Zr-2. The second-order valence-corrected chi connectivity index (χ2v) is 19.4. The van der Waals surface area contributed by atoms with Crippen molar-refractivity contribution in [2.45, 2.75) is 82.1 Å².